The second-order valence-electron chi connectivity index (χ2n) is 6.01. The van der Waals surface area contributed by atoms with Crippen LogP contribution < -0.4 is 10.6 Å². The van der Waals surface area contributed by atoms with E-state index in [1.54, 1.807) is 18.4 Å². The highest BCUT2D eigenvalue weighted by Gasteiger charge is 2.15. The van der Waals surface area contributed by atoms with E-state index < -0.39 is 16.7 Å². The van der Waals surface area contributed by atoms with Gasteiger partial charge in [0.1, 0.15) is 0 Å². The Labute approximate surface area is 174 Å². The lowest BCUT2D eigenvalue weighted by Gasteiger charge is -2.06. The molecule has 0 aliphatic heterocycles. The van der Waals surface area contributed by atoms with Gasteiger partial charge in [-0.3, -0.25) is 19.7 Å². The van der Waals surface area contributed by atoms with Crippen LogP contribution in [0, 0.1) is 17.0 Å². The van der Waals surface area contributed by atoms with E-state index in [1.165, 1.54) is 29.5 Å². The Morgan fingerprint density at radius 3 is 2.69 bits per heavy atom. The highest BCUT2D eigenvalue weighted by molar-refractivity contribution is 7.14. The van der Waals surface area contributed by atoms with Crippen molar-refractivity contribution in [3.05, 3.63) is 74.1 Å². The smallest absolute Gasteiger partial charge is 0.272 e. The molecule has 148 valence electrons. The standard InChI is InChI=1S/C19H15ClN4O4S/c1-11-8-12(6-7-16(11)24(27)28)18(26)21-9-17(25)23-19-22-15(10-29-19)13-4-2-3-5-14(13)20/h2-8,10H,9H2,1H3,(H,21,26)(H,22,23,25). The number of carbonyl (C=O) groups excluding carboxylic acids is 2. The van der Waals surface area contributed by atoms with Gasteiger partial charge in [0.15, 0.2) is 5.13 Å². The Bertz CT molecular complexity index is 1100. The Hall–Kier alpha value is -3.30. The van der Waals surface area contributed by atoms with E-state index >= 15 is 0 Å². The molecule has 1 heterocycles. The third-order valence-electron chi connectivity index (χ3n) is 3.97. The molecule has 10 heteroatoms. The number of nitro benzene ring substituents is 1. The van der Waals surface area contributed by atoms with Gasteiger partial charge in [-0.1, -0.05) is 29.8 Å². The average Bonchev–Trinajstić information content (AvgIpc) is 3.14. The summed E-state index contributed by atoms with van der Waals surface area (Å²) in [5.74, 6) is -0.953. The van der Waals surface area contributed by atoms with Gasteiger partial charge < -0.3 is 10.6 Å². The summed E-state index contributed by atoms with van der Waals surface area (Å²) in [5, 5.41) is 18.6. The van der Waals surface area contributed by atoms with Gasteiger partial charge in [0, 0.05) is 33.2 Å². The second kappa shape index (κ2) is 8.80. The third-order valence-corrected chi connectivity index (χ3v) is 5.05. The first-order chi connectivity index (χ1) is 13.8. The van der Waals surface area contributed by atoms with Crippen molar-refractivity contribution >= 4 is 45.6 Å². The van der Waals surface area contributed by atoms with Gasteiger partial charge in [0.2, 0.25) is 5.91 Å². The number of hydrogen-bond acceptors (Lipinski definition) is 6. The molecular weight excluding hydrogens is 416 g/mol. The molecule has 0 spiro atoms. The Balaban J connectivity index is 1.58. The Morgan fingerprint density at radius 1 is 1.24 bits per heavy atom. The predicted molar refractivity (Wildman–Crippen MR) is 111 cm³/mol. The molecule has 0 saturated carbocycles. The fraction of sp³-hybridized carbons (Fsp3) is 0.105. The van der Waals surface area contributed by atoms with E-state index in [9.17, 15) is 19.7 Å². The molecule has 3 rings (SSSR count). The fourth-order valence-corrected chi connectivity index (χ4v) is 3.51. The maximum absolute atomic E-state index is 12.2. The summed E-state index contributed by atoms with van der Waals surface area (Å²) in [7, 11) is 0. The highest BCUT2D eigenvalue weighted by Crippen LogP contribution is 2.30. The zero-order valence-electron chi connectivity index (χ0n) is 15.1. The van der Waals surface area contributed by atoms with Crippen LogP contribution >= 0.6 is 22.9 Å². The molecule has 29 heavy (non-hydrogen) atoms. The van der Waals surface area contributed by atoms with Crippen LogP contribution in [-0.2, 0) is 4.79 Å². The lowest BCUT2D eigenvalue weighted by molar-refractivity contribution is -0.385. The molecule has 0 fully saturated rings. The van der Waals surface area contributed by atoms with Gasteiger partial charge >= 0.3 is 0 Å². The number of nitro groups is 1. The van der Waals surface area contributed by atoms with Gasteiger partial charge in [-0.2, -0.15) is 0 Å². The van der Waals surface area contributed by atoms with Crippen molar-refractivity contribution in [1.82, 2.24) is 10.3 Å². The first-order valence-corrected chi connectivity index (χ1v) is 9.64. The number of benzene rings is 2. The molecule has 0 saturated heterocycles. The minimum Gasteiger partial charge on any atom is -0.343 e. The van der Waals surface area contributed by atoms with Gasteiger partial charge in [-0.25, -0.2) is 4.98 Å². The van der Waals surface area contributed by atoms with E-state index in [4.69, 9.17) is 11.6 Å². The minimum absolute atomic E-state index is 0.0719. The van der Waals surface area contributed by atoms with Crippen LogP contribution in [0.4, 0.5) is 10.8 Å². The number of thiazole rings is 1. The number of anilines is 1. The number of aromatic nitrogens is 1. The molecule has 0 radical (unpaired) electrons. The van der Waals surface area contributed by atoms with Crippen molar-refractivity contribution < 1.29 is 14.5 Å². The molecule has 2 aromatic carbocycles. The van der Waals surface area contributed by atoms with Crippen molar-refractivity contribution in [1.29, 1.82) is 0 Å². The third kappa shape index (κ3) is 4.95. The zero-order chi connectivity index (χ0) is 21.0. The van der Waals surface area contributed by atoms with Crippen molar-refractivity contribution in [2.45, 2.75) is 6.92 Å². The van der Waals surface area contributed by atoms with Crippen LogP contribution in [0.2, 0.25) is 5.02 Å². The van der Waals surface area contributed by atoms with Gasteiger partial charge in [-0.15, -0.1) is 11.3 Å². The van der Waals surface area contributed by atoms with Gasteiger partial charge in [-0.05, 0) is 25.1 Å². The molecule has 0 aliphatic rings. The number of rotatable bonds is 6. The molecule has 0 bridgehead atoms. The quantitative estimate of drug-likeness (QED) is 0.452. The van der Waals surface area contributed by atoms with Crippen LogP contribution in [-0.4, -0.2) is 28.3 Å². The van der Waals surface area contributed by atoms with E-state index in [-0.39, 0.29) is 17.8 Å². The number of aryl methyl sites for hydroxylation is 1. The lowest BCUT2D eigenvalue weighted by Crippen LogP contribution is -2.32. The van der Waals surface area contributed by atoms with Crippen molar-refractivity contribution in [2.75, 3.05) is 11.9 Å². The van der Waals surface area contributed by atoms with Crippen molar-refractivity contribution in [2.24, 2.45) is 0 Å². The van der Waals surface area contributed by atoms with Crippen LogP contribution in [0.25, 0.3) is 11.3 Å². The predicted octanol–water partition coefficient (Wildman–Crippen LogP) is 4.05. The van der Waals surface area contributed by atoms with E-state index in [2.05, 4.69) is 15.6 Å². The fourth-order valence-electron chi connectivity index (χ4n) is 2.55. The van der Waals surface area contributed by atoms with Crippen LogP contribution in [0.5, 0.6) is 0 Å². The maximum atomic E-state index is 12.2. The average molecular weight is 431 g/mol. The number of hydrogen-bond donors (Lipinski definition) is 2. The molecule has 8 nitrogen and oxygen atoms in total. The molecule has 2 N–H and O–H groups in total. The van der Waals surface area contributed by atoms with Crippen LogP contribution in [0.3, 0.4) is 0 Å². The van der Waals surface area contributed by atoms with E-state index in [0.29, 0.717) is 21.4 Å². The number of amides is 2. The minimum atomic E-state index is -0.518. The van der Waals surface area contributed by atoms with E-state index in [1.807, 2.05) is 18.2 Å². The first kappa shape index (κ1) is 20.4. The summed E-state index contributed by atoms with van der Waals surface area (Å²) in [4.78, 5) is 38.9. The number of halogens is 1. The Morgan fingerprint density at radius 2 is 2.00 bits per heavy atom. The molecule has 0 atom stereocenters. The number of nitrogens with zero attached hydrogens (tertiary/aromatic N) is 2. The highest BCUT2D eigenvalue weighted by atomic mass is 35.5. The molecule has 1 aromatic heterocycles. The summed E-state index contributed by atoms with van der Waals surface area (Å²) in [6.07, 6.45) is 0. The van der Waals surface area contributed by atoms with Crippen LogP contribution in [0.15, 0.2) is 47.8 Å². The largest absolute Gasteiger partial charge is 0.343 e. The van der Waals surface area contributed by atoms with E-state index in [0.717, 1.165) is 5.56 Å². The maximum Gasteiger partial charge on any atom is 0.272 e. The summed E-state index contributed by atoms with van der Waals surface area (Å²) >= 11 is 7.39. The SMILES string of the molecule is Cc1cc(C(=O)NCC(=O)Nc2nc(-c3ccccc3Cl)cs2)ccc1[N+](=O)[O-]. The second-order valence-corrected chi connectivity index (χ2v) is 7.27. The number of nitrogens with one attached hydrogen (secondary N) is 2. The topological polar surface area (TPSA) is 114 Å². The van der Waals surface area contributed by atoms with Gasteiger partial charge in [0.25, 0.3) is 11.6 Å². The van der Waals surface area contributed by atoms with Crippen LogP contribution in [0.1, 0.15) is 15.9 Å². The number of carbonyl (C=O) groups is 2. The molecule has 0 aliphatic carbocycles. The molecule has 2 amide bonds. The van der Waals surface area contributed by atoms with Crippen molar-refractivity contribution in [3.63, 3.8) is 0 Å². The first-order valence-electron chi connectivity index (χ1n) is 8.38. The van der Waals surface area contributed by atoms with Gasteiger partial charge in [0.05, 0.1) is 17.2 Å². The lowest BCUT2D eigenvalue weighted by atomic mass is 10.1. The molecular formula is C19H15ClN4O4S. The summed E-state index contributed by atoms with van der Waals surface area (Å²) in [6, 6.07) is 11.2. The van der Waals surface area contributed by atoms with Crippen molar-refractivity contribution in [3.8, 4) is 11.3 Å². The Kier molecular flexibility index (Phi) is 6.20. The summed E-state index contributed by atoms with van der Waals surface area (Å²) in [5.41, 5.74) is 1.92. The summed E-state index contributed by atoms with van der Waals surface area (Å²) < 4.78 is 0. The molecule has 3 aromatic rings. The zero-order valence-corrected chi connectivity index (χ0v) is 16.7. The normalized spacial score (nSPS) is 10.4. The summed E-state index contributed by atoms with van der Waals surface area (Å²) in [6.45, 7) is 1.27. The monoisotopic (exact) mass is 430 g/mol. The molecule has 0 unspecified atom stereocenters.